The number of pyridine rings is 1. The van der Waals surface area contributed by atoms with Crippen LogP contribution in [0.25, 0.3) is 17.0 Å². The molecule has 47 heavy (non-hydrogen) atoms. The third-order valence-corrected chi connectivity index (χ3v) is 7.78. The second-order valence-electron chi connectivity index (χ2n) is 12.3. The van der Waals surface area contributed by atoms with E-state index < -0.39 is 35.5 Å². The molecule has 1 aromatic carbocycles. The Morgan fingerprint density at radius 3 is 2.43 bits per heavy atom. The van der Waals surface area contributed by atoms with Crippen molar-refractivity contribution in [2.75, 3.05) is 13.1 Å². The van der Waals surface area contributed by atoms with Crippen molar-refractivity contribution in [3.05, 3.63) is 66.1 Å². The molecule has 0 saturated carbocycles. The summed E-state index contributed by atoms with van der Waals surface area (Å²) in [6, 6.07) is 9.92. The van der Waals surface area contributed by atoms with E-state index in [1.54, 1.807) is 37.7 Å². The third-order valence-electron chi connectivity index (χ3n) is 7.78. The first-order valence-electron chi connectivity index (χ1n) is 16.2. The van der Waals surface area contributed by atoms with Gasteiger partial charge in [-0.2, -0.15) is 5.10 Å². The molecule has 12 nitrogen and oxygen atoms in total. The molecule has 3 atom stereocenters. The molecule has 1 fully saturated rings. The average Bonchev–Trinajstić information content (AvgIpc) is 3.55. The van der Waals surface area contributed by atoms with E-state index in [1.807, 2.05) is 83.4 Å². The Bertz CT molecular complexity index is 1550. The first-order valence-corrected chi connectivity index (χ1v) is 16.2. The summed E-state index contributed by atoms with van der Waals surface area (Å²) in [5, 5.41) is 11.6. The number of ether oxygens (including phenoxy) is 1. The second-order valence-corrected chi connectivity index (χ2v) is 12.3. The van der Waals surface area contributed by atoms with Gasteiger partial charge in [0.2, 0.25) is 11.8 Å². The number of rotatable bonds is 1. The van der Waals surface area contributed by atoms with Gasteiger partial charge in [-0.3, -0.25) is 28.9 Å². The monoisotopic (exact) mass is 647 g/mol. The van der Waals surface area contributed by atoms with E-state index in [0.717, 1.165) is 16.5 Å². The van der Waals surface area contributed by atoms with Crippen molar-refractivity contribution in [3.8, 4) is 0 Å². The summed E-state index contributed by atoms with van der Waals surface area (Å²) < 4.78 is 7.47. The summed E-state index contributed by atoms with van der Waals surface area (Å²) in [5.74, 6) is -1.83. The predicted octanol–water partition coefficient (Wildman–Crippen LogP) is 4.09. The minimum Gasteiger partial charge on any atom is -0.455 e. The van der Waals surface area contributed by atoms with Crippen LogP contribution in [0, 0.1) is 11.3 Å². The first kappa shape index (κ1) is 36.9. The Morgan fingerprint density at radius 1 is 1.06 bits per heavy atom. The number of cyclic esters (lactones) is 1. The SMILES string of the molecule is CC.CC(C)C1NC(=O)C(C)(C)/C=C/c2ccc3ccc(nc3c2)[C@@H](C)OC(=O)C2CCCN(N2)C(=O)CNC1=O.Cn1cccn1. The van der Waals surface area contributed by atoms with Crippen LogP contribution in [0.1, 0.15) is 78.7 Å². The maximum atomic E-state index is 13.2. The standard InChI is InChI=1S/C29H37N5O5.C4H6N2.C2H6/c1-17(2)25-26(36)30-16-24(35)34-14-6-7-22(33-34)27(37)39-18(3)21-11-10-20-9-8-19(15-23(20)31-21)12-13-29(4,5)28(38)32-25;1-6-4-2-3-5-6;1-2/h8-13,15,17-18,22,25,33H,6-7,14,16H2,1-5H3,(H,30,36)(H,32,38);2-4H,1H3;1-2H3/b13-12+;;/t18-,22?,25?;;/m1../s1. The number of aryl methyl sites for hydroxylation is 1. The van der Waals surface area contributed by atoms with E-state index in [1.165, 1.54) is 5.01 Å². The number of hydrazine groups is 1. The first-order chi connectivity index (χ1) is 22.3. The lowest BCUT2D eigenvalue weighted by atomic mass is 9.89. The number of carbonyl (C=O) groups excluding carboxylic acids is 4. The number of aromatic nitrogens is 3. The number of hydrogen-bond donors (Lipinski definition) is 3. The average molecular weight is 648 g/mol. The summed E-state index contributed by atoms with van der Waals surface area (Å²) in [6.45, 7) is 13.1. The van der Waals surface area contributed by atoms with Gasteiger partial charge in [0.15, 0.2) is 0 Å². The number of nitrogens with zero attached hydrogens (tertiary/aromatic N) is 4. The lowest BCUT2D eigenvalue weighted by molar-refractivity contribution is -0.156. The summed E-state index contributed by atoms with van der Waals surface area (Å²) in [6.07, 6.45) is 7.80. The zero-order valence-corrected chi connectivity index (χ0v) is 28.7. The highest BCUT2D eigenvalue weighted by Gasteiger charge is 2.33. The third kappa shape index (κ3) is 10.2. The molecule has 0 aliphatic carbocycles. The maximum Gasteiger partial charge on any atom is 0.325 e. The van der Waals surface area contributed by atoms with Crippen molar-refractivity contribution >= 4 is 40.7 Å². The minimum absolute atomic E-state index is 0.208. The molecule has 5 bridgehead atoms. The molecular weight excluding hydrogens is 598 g/mol. The van der Waals surface area contributed by atoms with Crippen molar-refractivity contribution < 1.29 is 23.9 Å². The highest BCUT2D eigenvalue weighted by atomic mass is 16.5. The quantitative estimate of drug-likeness (QED) is 0.335. The Labute approximate surface area is 277 Å². The van der Waals surface area contributed by atoms with Crippen LogP contribution < -0.4 is 16.1 Å². The Morgan fingerprint density at radius 2 is 1.79 bits per heavy atom. The molecule has 0 spiro atoms. The fraction of sp³-hybridized carbons (Fsp3) is 0.486. The van der Waals surface area contributed by atoms with Crippen LogP contribution in [-0.2, 0) is 31.0 Å². The number of carbonyl (C=O) groups is 4. The molecule has 2 aromatic heterocycles. The smallest absolute Gasteiger partial charge is 0.325 e. The molecule has 12 heteroatoms. The fourth-order valence-corrected chi connectivity index (χ4v) is 4.89. The zero-order chi connectivity index (χ0) is 34.7. The van der Waals surface area contributed by atoms with Crippen LogP contribution in [0.15, 0.2) is 54.9 Å². The number of benzene rings is 1. The lowest BCUT2D eigenvalue weighted by Gasteiger charge is -2.33. The molecule has 254 valence electrons. The molecule has 2 aliphatic heterocycles. The minimum atomic E-state index is -0.915. The van der Waals surface area contributed by atoms with E-state index >= 15 is 0 Å². The van der Waals surface area contributed by atoms with Gasteiger partial charge in [0.05, 0.1) is 23.2 Å². The van der Waals surface area contributed by atoms with E-state index in [9.17, 15) is 19.2 Å². The highest BCUT2D eigenvalue weighted by Crippen LogP contribution is 2.24. The Hall–Kier alpha value is -4.58. The summed E-state index contributed by atoms with van der Waals surface area (Å²) >= 11 is 0. The van der Waals surface area contributed by atoms with Gasteiger partial charge < -0.3 is 15.4 Å². The van der Waals surface area contributed by atoms with Gasteiger partial charge in [0, 0.05) is 31.4 Å². The molecule has 2 aliphatic rings. The van der Waals surface area contributed by atoms with Crippen molar-refractivity contribution in [2.45, 2.75) is 79.5 Å². The molecule has 3 aromatic rings. The fourth-order valence-electron chi connectivity index (χ4n) is 4.89. The molecule has 5 rings (SSSR count). The van der Waals surface area contributed by atoms with Gasteiger partial charge in [-0.15, -0.1) is 0 Å². The van der Waals surface area contributed by atoms with Crippen LogP contribution in [0.5, 0.6) is 0 Å². The molecule has 3 amide bonds. The van der Waals surface area contributed by atoms with Crippen molar-refractivity contribution in [3.63, 3.8) is 0 Å². The van der Waals surface area contributed by atoms with Gasteiger partial charge in [-0.05, 0) is 63.3 Å². The predicted molar refractivity (Wildman–Crippen MR) is 181 cm³/mol. The van der Waals surface area contributed by atoms with E-state index in [0.29, 0.717) is 25.1 Å². The van der Waals surface area contributed by atoms with Crippen molar-refractivity contribution in [1.29, 1.82) is 0 Å². The second kappa shape index (κ2) is 16.8. The Balaban J connectivity index is 0.000000664. The van der Waals surface area contributed by atoms with E-state index in [4.69, 9.17) is 9.72 Å². The van der Waals surface area contributed by atoms with Gasteiger partial charge in [0.1, 0.15) is 18.2 Å². The summed E-state index contributed by atoms with van der Waals surface area (Å²) in [7, 11) is 1.89. The maximum absolute atomic E-state index is 13.2. The molecule has 3 N–H and O–H groups in total. The number of hydrogen-bond acceptors (Lipinski definition) is 8. The van der Waals surface area contributed by atoms with E-state index in [2.05, 4.69) is 21.2 Å². The van der Waals surface area contributed by atoms with E-state index in [-0.39, 0.29) is 24.3 Å². The number of nitrogens with one attached hydrogen (secondary N) is 3. The van der Waals surface area contributed by atoms with Crippen LogP contribution in [0.3, 0.4) is 0 Å². The van der Waals surface area contributed by atoms with Crippen molar-refractivity contribution in [1.82, 2.24) is 35.8 Å². The number of fused-ring (bicyclic) bond motifs is 4. The largest absolute Gasteiger partial charge is 0.455 e. The molecule has 0 radical (unpaired) electrons. The summed E-state index contributed by atoms with van der Waals surface area (Å²) in [5.41, 5.74) is 4.22. The normalized spacial score (nSPS) is 22.6. The van der Waals surface area contributed by atoms with Crippen molar-refractivity contribution in [2.24, 2.45) is 18.4 Å². The highest BCUT2D eigenvalue weighted by molar-refractivity contribution is 5.93. The lowest BCUT2D eigenvalue weighted by Crippen LogP contribution is -2.58. The van der Waals surface area contributed by atoms with Crippen LogP contribution >= 0.6 is 0 Å². The summed E-state index contributed by atoms with van der Waals surface area (Å²) in [4.78, 5) is 56.7. The van der Waals surface area contributed by atoms with Gasteiger partial charge in [-0.25, -0.2) is 10.4 Å². The van der Waals surface area contributed by atoms with Crippen LogP contribution in [-0.4, -0.2) is 68.6 Å². The van der Waals surface area contributed by atoms with Crippen LogP contribution in [0.4, 0.5) is 0 Å². The van der Waals surface area contributed by atoms with Crippen LogP contribution in [0.2, 0.25) is 0 Å². The Kier molecular flexibility index (Phi) is 13.2. The number of esters is 1. The molecule has 1 saturated heterocycles. The molecular formula is C35H49N7O5. The zero-order valence-electron chi connectivity index (χ0n) is 28.7. The number of amides is 3. The topological polar surface area (TPSA) is 148 Å². The van der Waals surface area contributed by atoms with Gasteiger partial charge in [0.25, 0.3) is 5.91 Å². The molecule has 2 unspecified atom stereocenters. The van der Waals surface area contributed by atoms with Gasteiger partial charge >= 0.3 is 5.97 Å². The van der Waals surface area contributed by atoms with Gasteiger partial charge in [-0.1, -0.05) is 58.0 Å². The molecule has 4 heterocycles.